The molecule has 2 N–H and O–H groups in total. The molecule has 1 saturated heterocycles. The standard InChI is InChI=1S/C14H16ClFN2O3/c1-18-7-8(5-12(18)14(20)21)17-13(19)6-9-10(15)3-2-4-11(9)16/h2-4,8,12H,5-7H2,1H3,(H,17,19)(H,20,21)/t8-,12-/m0/s1. The summed E-state index contributed by atoms with van der Waals surface area (Å²) in [6.07, 6.45) is 0.173. The zero-order valence-electron chi connectivity index (χ0n) is 11.5. The van der Waals surface area contributed by atoms with E-state index in [1.54, 1.807) is 11.9 Å². The van der Waals surface area contributed by atoms with Crippen molar-refractivity contribution in [3.05, 3.63) is 34.6 Å². The highest BCUT2D eigenvalue weighted by Gasteiger charge is 2.35. The summed E-state index contributed by atoms with van der Waals surface area (Å²) in [7, 11) is 1.69. The van der Waals surface area contributed by atoms with Crippen LogP contribution in [0.3, 0.4) is 0 Å². The lowest BCUT2D eigenvalue weighted by Crippen LogP contribution is -2.37. The minimum Gasteiger partial charge on any atom is -0.480 e. The molecule has 1 aliphatic rings. The molecular weight excluding hydrogens is 299 g/mol. The van der Waals surface area contributed by atoms with Crippen molar-refractivity contribution >= 4 is 23.5 Å². The number of carbonyl (C=O) groups is 2. The number of halogens is 2. The molecule has 1 amide bonds. The third-order valence-electron chi connectivity index (χ3n) is 3.60. The normalized spacial score (nSPS) is 22.2. The number of benzene rings is 1. The Kier molecular flexibility index (Phi) is 4.80. The van der Waals surface area contributed by atoms with Crippen LogP contribution in [-0.2, 0) is 16.0 Å². The number of amides is 1. The highest BCUT2D eigenvalue weighted by atomic mass is 35.5. The van der Waals surface area contributed by atoms with E-state index in [-0.39, 0.29) is 29.0 Å². The van der Waals surface area contributed by atoms with Crippen LogP contribution in [-0.4, -0.2) is 47.6 Å². The average molecular weight is 315 g/mol. The molecule has 0 spiro atoms. The molecule has 1 aliphatic heterocycles. The second-order valence-corrected chi connectivity index (χ2v) is 5.58. The largest absolute Gasteiger partial charge is 0.480 e. The van der Waals surface area contributed by atoms with Crippen LogP contribution < -0.4 is 5.32 Å². The topological polar surface area (TPSA) is 69.6 Å². The second kappa shape index (κ2) is 6.41. The van der Waals surface area contributed by atoms with Crippen molar-refractivity contribution in [2.24, 2.45) is 0 Å². The molecule has 2 rings (SSSR count). The number of carboxylic acid groups (broad SMARTS) is 1. The molecule has 1 heterocycles. The zero-order valence-corrected chi connectivity index (χ0v) is 12.2. The first-order chi connectivity index (χ1) is 9.88. The van der Waals surface area contributed by atoms with Crippen molar-refractivity contribution < 1.29 is 19.1 Å². The van der Waals surface area contributed by atoms with E-state index >= 15 is 0 Å². The second-order valence-electron chi connectivity index (χ2n) is 5.17. The Bertz CT molecular complexity index is 547. The predicted molar refractivity (Wildman–Crippen MR) is 75.7 cm³/mol. The molecule has 7 heteroatoms. The van der Waals surface area contributed by atoms with E-state index in [4.69, 9.17) is 16.7 Å². The van der Waals surface area contributed by atoms with Gasteiger partial charge in [-0.05, 0) is 25.6 Å². The van der Waals surface area contributed by atoms with Gasteiger partial charge in [0.15, 0.2) is 0 Å². The highest BCUT2D eigenvalue weighted by molar-refractivity contribution is 6.31. The van der Waals surface area contributed by atoms with Crippen molar-refractivity contribution in [1.82, 2.24) is 10.2 Å². The lowest BCUT2D eigenvalue weighted by molar-refractivity contribution is -0.141. The van der Waals surface area contributed by atoms with E-state index < -0.39 is 17.8 Å². The summed E-state index contributed by atoms with van der Waals surface area (Å²) in [6, 6.07) is 3.39. The van der Waals surface area contributed by atoms with E-state index in [1.807, 2.05) is 0 Å². The molecule has 1 aromatic carbocycles. The SMILES string of the molecule is CN1C[C@@H](NC(=O)Cc2c(F)cccc2Cl)C[C@H]1C(=O)O. The van der Waals surface area contributed by atoms with Gasteiger partial charge in [-0.3, -0.25) is 14.5 Å². The number of likely N-dealkylation sites (tertiary alicyclic amines) is 1. The number of nitrogens with one attached hydrogen (secondary N) is 1. The van der Waals surface area contributed by atoms with Gasteiger partial charge in [-0.1, -0.05) is 17.7 Å². The van der Waals surface area contributed by atoms with Crippen LogP contribution in [0.25, 0.3) is 0 Å². The summed E-state index contributed by atoms with van der Waals surface area (Å²) in [5, 5.41) is 12.0. The summed E-state index contributed by atoms with van der Waals surface area (Å²) >= 11 is 5.87. The van der Waals surface area contributed by atoms with E-state index in [9.17, 15) is 14.0 Å². The van der Waals surface area contributed by atoms with Gasteiger partial charge in [0.05, 0.1) is 6.42 Å². The van der Waals surface area contributed by atoms with Crippen molar-refractivity contribution in [2.45, 2.75) is 24.9 Å². The lowest BCUT2D eigenvalue weighted by Gasteiger charge is -2.14. The fraction of sp³-hybridized carbons (Fsp3) is 0.429. The third kappa shape index (κ3) is 3.71. The Labute approximate surface area is 126 Å². The molecule has 114 valence electrons. The van der Waals surface area contributed by atoms with Gasteiger partial charge in [-0.2, -0.15) is 0 Å². The van der Waals surface area contributed by atoms with Crippen molar-refractivity contribution in [2.75, 3.05) is 13.6 Å². The molecule has 0 aliphatic carbocycles. The first-order valence-corrected chi connectivity index (χ1v) is 6.91. The first kappa shape index (κ1) is 15.7. The molecule has 0 bridgehead atoms. The van der Waals surface area contributed by atoms with Gasteiger partial charge < -0.3 is 10.4 Å². The quantitative estimate of drug-likeness (QED) is 0.879. The summed E-state index contributed by atoms with van der Waals surface area (Å²) in [6.45, 7) is 0.452. The van der Waals surface area contributed by atoms with Gasteiger partial charge in [0, 0.05) is 23.2 Å². The van der Waals surface area contributed by atoms with Crippen molar-refractivity contribution in [3.63, 3.8) is 0 Å². The molecule has 1 fully saturated rings. The number of carboxylic acids is 1. The summed E-state index contributed by atoms with van der Waals surface area (Å²) < 4.78 is 13.6. The van der Waals surface area contributed by atoms with Crippen molar-refractivity contribution in [1.29, 1.82) is 0 Å². The Balaban J connectivity index is 1.96. The molecule has 0 aromatic heterocycles. The van der Waals surface area contributed by atoms with E-state index in [0.29, 0.717) is 13.0 Å². The summed E-state index contributed by atoms with van der Waals surface area (Å²) in [5.41, 5.74) is 0.151. The van der Waals surface area contributed by atoms with Crippen LogP contribution in [0, 0.1) is 5.82 Å². The van der Waals surface area contributed by atoms with Crippen LogP contribution in [0.5, 0.6) is 0 Å². The Morgan fingerprint density at radius 3 is 2.81 bits per heavy atom. The molecule has 21 heavy (non-hydrogen) atoms. The van der Waals surface area contributed by atoms with E-state index in [0.717, 1.165) is 0 Å². The Morgan fingerprint density at radius 1 is 1.52 bits per heavy atom. The number of carbonyl (C=O) groups excluding carboxylic acids is 1. The number of aliphatic carboxylic acids is 1. The fourth-order valence-corrected chi connectivity index (χ4v) is 2.76. The molecular formula is C14H16ClFN2O3. The summed E-state index contributed by atoms with van der Waals surface area (Å²) in [4.78, 5) is 24.6. The summed E-state index contributed by atoms with van der Waals surface area (Å²) in [5.74, 6) is -1.80. The van der Waals surface area contributed by atoms with E-state index in [2.05, 4.69) is 5.32 Å². The smallest absolute Gasteiger partial charge is 0.320 e. The molecule has 0 radical (unpaired) electrons. The Hall–Kier alpha value is -1.66. The van der Waals surface area contributed by atoms with Gasteiger partial charge in [0.1, 0.15) is 11.9 Å². The van der Waals surface area contributed by atoms with Crippen LogP contribution in [0.4, 0.5) is 4.39 Å². The number of likely N-dealkylation sites (N-methyl/N-ethyl adjacent to an activating group) is 1. The van der Waals surface area contributed by atoms with Crippen LogP contribution in [0.15, 0.2) is 18.2 Å². The number of hydrogen-bond donors (Lipinski definition) is 2. The minimum absolute atomic E-state index is 0.151. The third-order valence-corrected chi connectivity index (χ3v) is 3.95. The maximum Gasteiger partial charge on any atom is 0.320 e. The molecule has 0 unspecified atom stereocenters. The molecule has 5 nitrogen and oxygen atoms in total. The number of nitrogens with zero attached hydrogens (tertiary/aromatic N) is 1. The monoisotopic (exact) mass is 314 g/mol. The van der Waals surface area contributed by atoms with E-state index in [1.165, 1.54) is 18.2 Å². The van der Waals surface area contributed by atoms with Gasteiger partial charge in [-0.15, -0.1) is 0 Å². The molecule has 0 saturated carbocycles. The lowest BCUT2D eigenvalue weighted by atomic mass is 10.1. The van der Waals surface area contributed by atoms with Crippen LogP contribution in [0.1, 0.15) is 12.0 Å². The average Bonchev–Trinajstić information content (AvgIpc) is 2.75. The zero-order chi connectivity index (χ0) is 15.6. The van der Waals surface area contributed by atoms with Crippen LogP contribution in [0.2, 0.25) is 5.02 Å². The number of hydrogen-bond acceptors (Lipinski definition) is 3. The molecule has 1 aromatic rings. The maximum atomic E-state index is 13.6. The Morgan fingerprint density at radius 2 is 2.24 bits per heavy atom. The van der Waals surface area contributed by atoms with Crippen LogP contribution >= 0.6 is 11.6 Å². The van der Waals surface area contributed by atoms with Gasteiger partial charge in [-0.25, -0.2) is 4.39 Å². The predicted octanol–water partition coefficient (Wildman–Crippen LogP) is 1.30. The van der Waals surface area contributed by atoms with Gasteiger partial charge in [0.25, 0.3) is 0 Å². The first-order valence-electron chi connectivity index (χ1n) is 6.53. The minimum atomic E-state index is -0.911. The fourth-order valence-electron chi connectivity index (χ4n) is 2.53. The van der Waals surface area contributed by atoms with Gasteiger partial charge in [0.2, 0.25) is 5.91 Å². The molecule has 2 atom stereocenters. The highest BCUT2D eigenvalue weighted by Crippen LogP contribution is 2.20. The van der Waals surface area contributed by atoms with Crippen molar-refractivity contribution in [3.8, 4) is 0 Å². The maximum absolute atomic E-state index is 13.6. The number of rotatable bonds is 4. The van der Waals surface area contributed by atoms with Gasteiger partial charge >= 0.3 is 5.97 Å².